The first-order valence-corrected chi connectivity index (χ1v) is 12.1. The quantitative estimate of drug-likeness (QED) is 0.337. The van der Waals surface area contributed by atoms with Crippen molar-refractivity contribution in [2.75, 3.05) is 12.0 Å². The molecule has 4 rings (SSSR count). The molecule has 1 fully saturated rings. The summed E-state index contributed by atoms with van der Waals surface area (Å²) in [7, 11) is 1.64. The van der Waals surface area contributed by atoms with Gasteiger partial charge < -0.3 is 18.7 Å². The Labute approximate surface area is 207 Å². The van der Waals surface area contributed by atoms with Crippen LogP contribution in [-0.2, 0) is 4.74 Å². The molecule has 0 spiro atoms. The number of anilines is 3. The second-order valence-electron chi connectivity index (χ2n) is 9.93. The van der Waals surface area contributed by atoms with Crippen molar-refractivity contribution in [3.8, 4) is 11.5 Å². The Morgan fingerprint density at radius 2 is 1.74 bits per heavy atom. The number of carbonyl (C=O) groups excluding carboxylic acids is 1. The summed E-state index contributed by atoms with van der Waals surface area (Å²) in [6.45, 7) is 9.40. The number of carbonyl (C=O) groups is 1. The molecule has 0 bridgehead atoms. The molecule has 1 aromatic heterocycles. The van der Waals surface area contributed by atoms with Crippen LogP contribution in [0, 0.1) is 13.8 Å². The Balaban J connectivity index is 1.79. The molecule has 35 heavy (non-hydrogen) atoms. The Morgan fingerprint density at radius 3 is 2.37 bits per heavy atom. The molecular formula is C28H34N2O5. The predicted molar refractivity (Wildman–Crippen MR) is 135 cm³/mol. The fraction of sp³-hybridized carbons (Fsp3) is 0.429. The molecule has 0 aliphatic heterocycles. The minimum Gasteiger partial charge on any atom is -0.493 e. The van der Waals surface area contributed by atoms with Crippen LogP contribution in [0.2, 0.25) is 0 Å². The number of methoxy groups -OCH3 is 1. The third kappa shape index (κ3) is 5.61. The Hall–Kier alpha value is -3.48. The zero-order valence-corrected chi connectivity index (χ0v) is 21.4. The molecule has 1 aliphatic carbocycles. The molecule has 3 aromatic rings. The summed E-state index contributed by atoms with van der Waals surface area (Å²) in [5.74, 6) is 2.34. The van der Waals surface area contributed by atoms with E-state index in [0.717, 1.165) is 35.5 Å². The first-order chi connectivity index (χ1) is 16.7. The van der Waals surface area contributed by atoms with Gasteiger partial charge in [0.1, 0.15) is 11.4 Å². The summed E-state index contributed by atoms with van der Waals surface area (Å²) in [5, 5.41) is 4.34. The van der Waals surface area contributed by atoms with E-state index >= 15 is 0 Å². The van der Waals surface area contributed by atoms with Crippen LogP contribution in [0.5, 0.6) is 11.5 Å². The summed E-state index contributed by atoms with van der Waals surface area (Å²) < 4.78 is 23.0. The van der Waals surface area contributed by atoms with Crippen LogP contribution in [0.4, 0.5) is 17.2 Å². The topological polar surface area (TPSA) is 74.0 Å². The zero-order valence-electron chi connectivity index (χ0n) is 21.4. The lowest BCUT2D eigenvalue weighted by Crippen LogP contribution is -2.24. The van der Waals surface area contributed by atoms with Gasteiger partial charge in [-0.1, -0.05) is 11.2 Å². The van der Waals surface area contributed by atoms with E-state index < -0.39 is 5.60 Å². The largest absolute Gasteiger partial charge is 0.493 e. The van der Waals surface area contributed by atoms with Crippen LogP contribution in [0.25, 0.3) is 0 Å². The monoisotopic (exact) mass is 478 g/mol. The first-order valence-electron chi connectivity index (χ1n) is 12.1. The number of nitrogens with zero attached hydrogens (tertiary/aromatic N) is 2. The van der Waals surface area contributed by atoms with Gasteiger partial charge in [-0.3, -0.25) is 4.90 Å². The van der Waals surface area contributed by atoms with Crippen molar-refractivity contribution in [1.82, 2.24) is 5.16 Å². The molecule has 1 saturated carbocycles. The highest BCUT2D eigenvalue weighted by Gasteiger charge is 2.25. The van der Waals surface area contributed by atoms with Gasteiger partial charge in [0.15, 0.2) is 17.3 Å². The fourth-order valence-electron chi connectivity index (χ4n) is 4.20. The van der Waals surface area contributed by atoms with Crippen LogP contribution in [-0.4, -0.2) is 29.9 Å². The van der Waals surface area contributed by atoms with Gasteiger partial charge in [0.05, 0.1) is 24.5 Å². The Bertz CT molecular complexity index is 1190. The van der Waals surface area contributed by atoms with E-state index in [-0.39, 0.29) is 12.1 Å². The average Bonchev–Trinajstić information content (AvgIpc) is 3.44. The SMILES string of the molecule is COc1ccc(N(c2cccc(C(=O)OC(C)(C)C)c2)c2noc(C)c2C)cc1OC1CCCC1. The number of hydrogen-bond donors (Lipinski definition) is 0. The van der Waals surface area contributed by atoms with Crippen LogP contribution in [0.3, 0.4) is 0 Å². The van der Waals surface area contributed by atoms with Gasteiger partial charge in [0.25, 0.3) is 0 Å². The van der Waals surface area contributed by atoms with Gasteiger partial charge in [-0.2, -0.15) is 0 Å². The van der Waals surface area contributed by atoms with Gasteiger partial charge in [-0.25, -0.2) is 4.79 Å². The smallest absolute Gasteiger partial charge is 0.338 e. The molecule has 1 heterocycles. The van der Waals surface area contributed by atoms with Crippen molar-refractivity contribution in [1.29, 1.82) is 0 Å². The van der Waals surface area contributed by atoms with Crippen LogP contribution < -0.4 is 14.4 Å². The van der Waals surface area contributed by atoms with Crippen LogP contribution in [0.1, 0.15) is 68.1 Å². The van der Waals surface area contributed by atoms with Gasteiger partial charge >= 0.3 is 5.97 Å². The van der Waals surface area contributed by atoms with Crippen molar-refractivity contribution >= 4 is 23.2 Å². The number of hydrogen-bond acceptors (Lipinski definition) is 7. The molecule has 2 aromatic carbocycles. The van der Waals surface area contributed by atoms with E-state index in [1.54, 1.807) is 19.2 Å². The molecule has 0 saturated heterocycles. The summed E-state index contributed by atoms with van der Waals surface area (Å²) in [6.07, 6.45) is 4.60. The minimum atomic E-state index is -0.588. The molecule has 0 amide bonds. The zero-order chi connectivity index (χ0) is 25.2. The summed E-state index contributed by atoms with van der Waals surface area (Å²) in [5.41, 5.74) is 2.34. The maximum absolute atomic E-state index is 12.8. The van der Waals surface area contributed by atoms with Crippen molar-refractivity contribution in [2.24, 2.45) is 0 Å². The molecule has 1 aliphatic rings. The van der Waals surface area contributed by atoms with Gasteiger partial charge in [-0.15, -0.1) is 0 Å². The highest BCUT2D eigenvalue weighted by molar-refractivity contribution is 5.92. The van der Waals surface area contributed by atoms with E-state index in [9.17, 15) is 4.79 Å². The average molecular weight is 479 g/mol. The van der Waals surface area contributed by atoms with E-state index in [4.69, 9.17) is 18.7 Å². The molecule has 0 N–H and O–H groups in total. The standard InChI is InChI=1S/C28H34N2O5/c1-18-19(2)35-29-26(18)30(21-11-9-10-20(16-21)27(31)34-28(3,4)5)22-14-15-24(32-6)25(17-22)33-23-12-7-8-13-23/h9-11,14-17,23H,7-8,12-13H2,1-6H3. The summed E-state index contributed by atoms with van der Waals surface area (Å²) in [6, 6.07) is 13.1. The second kappa shape index (κ2) is 10.0. The lowest BCUT2D eigenvalue weighted by Gasteiger charge is -2.26. The van der Waals surface area contributed by atoms with Gasteiger partial charge in [0.2, 0.25) is 0 Å². The molecule has 7 heteroatoms. The van der Waals surface area contributed by atoms with Crippen molar-refractivity contribution in [3.63, 3.8) is 0 Å². The van der Waals surface area contributed by atoms with E-state index in [1.165, 1.54) is 12.8 Å². The molecule has 0 radical (unpaired) electrons. The predicted octanol–water partition coefficient (Wildman–Crippen LogP) is 7.05. The van der Waals surface area contributed by atoms with E-state index in [1.807, 2.05) is 69.9 Å². The second-order valence-corrected chi connectivity index (χ2v) is 9.93. The first kappa shape index (κ1) is 24.6. The van der Waals surface area contributed by atoms with Crippen LogP contribution >= 0.6 is 0 Å². The molecule has 7 nitrogen and oxygen atoms in total. The third-order valence-electron chi connectivity index (χ3n) is 6.08. The lowest BCUT2D eigenvalue weighted by molar-refractivity contribution is 0.00695. The summed E-state index contributed by atoms with van der Waals surface area (Å²) >= 11 is 0. The molecule has 186 valence electrons. The number of benzene rings is 2. The Kier molecular flexibility index (Phi) is 7.05. The number of aryl methyl sites for hydroxylation is 1. The van der Waals surface area contributed by atoms with Crippen molar-refractivity contribution in [2.45, 2.75) is 72.0 Å². The van der Waals surface area contributed by atoms with Crippen molar-refractivity contribution < 1.29 is 23.5 Å². The maximum Gasteiger partial charge on any atom is 0.338 e. The highest BCUT2D eigenvalue weighted by atomic mass is 16.6. The fourth-order valence-corrected chi connectivity index (χ4v) is 4.20. The van der Waals surface area contributed by atoms with E-state index in [0.29, 0.717) is 22.9 Å². The number of aromatic nitrogens is 1. The molecule has 0 unspecified atom stereocenters. The van der Waals surface area contributed by atoms with Crippen LogP contribution in [0.15, 0.2) is 47.0 Å². The third-order valence-corrected chi connectivity index (χ3v) is 6.08. The van der Waals surface area contributed by atoms with E-state index in [2.05, 4.69) is 5.16 Å². The normalized spacial score (nSPS) is 14.1. The van der Waals surface area contributed by atoms with Gasteiger partial charge in [0, 0.05) is 17.3 Å². The maximum atomic E-state index is 12.8. The Morgan fingerprint density at radius 1 is 1.03 bits per heavy atom. The number of esters is 1. The summed E-state index contributed by atoms with van der Waals surface area (Å²) in [4.78, 5) is 14.8. The molecular weight excluding hydrogens is 444 g/mol. The number of rotatable bonds is 7. The number of ether oxygens (including phenoxy) is 3. The highest BCUT2D eigenvalue weighted by Crippen LogP contribution is 2.41. The lowest BCUT2D eigenvalue weighted by atomic mass is 10.1. The van der Waals surface area contributed by atoms with Gasteiger partial charge in [-0.05, 0) is 90.6 Å². The molecule has 0 atom stereocenters. The minimum absolute atomic E-state index is 0.180. The van der Waals surface area contributed by atoms with Crippen molar-refractivity contribution in [3.05, 3.63) is 59.4 Å².